The lowest BCUT2D eigenvalue weighted by molar-refractivity contribution is 0.318. The predicted molar refractivity (Wildman–Crippen MR) is 80.0 cm³/mol. The van der Waals surface area contributed by atoms with Crippen molar-refractivity contribution in [2.75, 3.05) is 11.5 Å². The second kappa shape index (κ2) is 7.37. The third-order valence-electron chi connectivity index (χ3n) is 3.12. The van der Waals surface area contributed by atoms with Crippen LogP contribution in [0, 0.1) is 5.41 Å². The molecule has 0 bridgehead atoms. The van der Waals surface area contributed by atoms with Crippen molar-refractivity contribution in [3.8, 4) is 0 Å². The molecule has 0 radical (unpaired) electrons. The SMILES string of the molecule is CCCC(CS)(CCC)CSc1cnn(C)c1. The highest BCUT2D eigenvalue weighted by molar-refractivity contribution is 7.99. The molecule has 0 amide bonds. The van der Waals surface area contributed by atoms with Crippen molar-refractivity contribution < 1.29 is 0 Å². The van der Waals surface area contributed by atoms with Crippen LogP contribution in [-0.2, 0) is 7.05 Å². The fourth-order valence-corrected chi connectivity index (χ4v) is 4.04. The fourth-order valence-electron chi connectivity index (χ4n) is 2.24. The highest BCUT2D eigenvalue weighted by Gasteiger charge is 2.27. The van der Waals surface area contributed by atoms with Crippen molar-refractivity contribution in [2.24, 2.45) is 12.5 Å². The molecule has 0 aliphatic rings. The molecule has 1 aromatic rings. The molecule has 0 unspecified atom stereocenters. The minimum atomic E-state index is 0.396. The minimum absolute atomic E-state index is 0.396. The van der Waals surface area contributed by atoms with E-state index < -0.39 is 0 Å². The molecule has 0 aliphatic carbocycles. The number of rotatable bonds is 8. The molecule has 0 saturated carbocycles. The van der Waals surface area contributed by atoms with E-state index in [0.717, 1.165) is 11.5 Å². The second-order valence-electron chi connectivity index (χ2n) is 4.80. The van der Waals surface area contributed by atoms with Crippen molar-refractivity contribution in [1.82, 2.24) is 9.78 Å². The molecular formula is C13H24N2S2. The quantitative estimate of drug-likeness (QED) is 0.569. The van der Waals surface area contributed by atoms with E-state index in [1.54, 1.807) is 0 Å². The molecule has 4 heteroatoms. The summed E-state index contributed by atoms with van der Waals surface area (Å²) in [5, 5.41) is 4.21. The first-order valence-corrected chi connectivity index (χ1v) is 8.00. The van der Waals surface area contributed by atoms with Gasteiger partial charge in [0.15, 0.2) is 0 Å². The molecular weight excluding hydrogens is 248 g/mol. The smallest absolute Gasteiger partial charge is 0.0625 e. The summed E-state index contributed by atoms with van der Waals surface area (Å²) >= 11 is 6.51. The summed E-state index contributed by atoms with van der Waals surface area (Å²) in [5.74, 6) is 2.14. The highest BCUT2D eigenvalue weighted by Crippen LogP contribution is 2.37. The van der Waals surface area contributed by atoms with Gasteiger partial charge in [0, 0.05) is 23.9 Å². The number of hydrogen-bond donors (Lipinski definition) is 1. The zero-order valence-electron chi connectivity index (χ0n) is 11.1. The van der Waals surface area contributed by atoms with Crippen LogP contribution in [0.5, 0.6) is 0 Å². The summed E-state index contributed by atoms with van der Waals surface area (Å²) in [6.07, 6.45) is 9.08. The molecule has 2 nitrogen and oxygen atoms in total. The Morgan fingerprint density at radius 3 is 2.41 bits per heavy atom. The topological polar surface area (TPSA) is 17.8 Å². The first-order chi connectivity index (χ1) is 8.15. The van der Waals surface area contributed by atoms with E-state index in [0.29, 0.717) is 5.41 Å². The number of thioether (sulfide) groups is 1. The summed E-state index contributed by atoms with van der Waals surface area (Å²) < 4.78 is 1.87. The van der Waals surface area contributed by atoms with Gasteiger partial charge in [-0.15, -0.1) is 11.8 Å². The molecule has 17 heavy (non-hydrogen) atoms. The number of nitrogens with zero attached hydrogens (tertiary/aromatic N) is 2. The average molecular weight is 272 g/mol. The lowest BCUT2D eigenvalue weighted by Gasteiger charge is -2.31. The minimum Gasteiger partial charge on any atom is -0.275 e. The molecule has 0 atom stereocenters. The Labute approximate surface area is 115 Å². The monoisotopic (exact) mass is 272 g/mol. The molecule has 0 spiro atoms. The van der Waals surface area contributed by atoms with Crippen LogP contribution in [0.3, 0.4) is 0 Å². The highest BCUT2D eigenvalue weighted by atomic mass is 32.2. The summed E-state index contributed by atoms with van der Waals surface area (Å²) in [6, 6.07) is 0. The number of hydrogen-bond acceptors (Lipinski definition) is 3. The lowest BCUT2D eigenvalue weighted by atomic mass is 9.83. The van der Waals surface area contributed by atoms with Crippen molar-refractivity contribution in [2.45, 2.75) is 44.4 Å². The normalized spacial score (nSPS) is 12.0. The summed E-state index contributed by atoms with van der Waals surface area (Å²) in [6.45, 7) is 4.53. The van der Waals surface area contributed by atoms with E-state index in [-0.39, 0.29) is 0 Å². The first-order valence-electron chi connectivity index (χ1n) is 6.38. The largest absolute Gasteiger partial charge is 0.275 e. The third kappa shape index (κ3) is 4.59. The summed E-state index contributed by atoms with van der Waals surface area (Å²) in [7, 11) is 1.97. The Kier molecular flexibility index (Phi) is 6.49. The van der Waals surface area contributed by atoms with E-state index >= 15 is 0 Å². The van der Waals surface area contributed by atoms with Crippen LogP contribution in [0.15, 0.2) is 17.3 Å². The molecule has 98 valence electrons. The van der Waals surface area contributed by atoms with Gasteiger partial charge in [-0.2, -0.15) is 17.7 Å². The van der Waals surface area contributed by atoms with E-state index in [9.17, 15) is 0 Å². The van der Waals surface area contributed by atoms with Gasteiger partial charge in [0.05, 0.1) is 6.20 Å². The van der Waals surface area contributed by atoms with E-state index in [1.807, 2.05) is 29.7 Å². The Hall–Kier alpha value is -0.0900. The fraction of sp³-hybridized carbons (Fsp3) is 0.769. The molecule has 1 rings (SSSR count). The van der Waals surface area contributed by atoms with Crippen LogP contribution < -0.4 is 0 Å². The van der Waals surface area contributed by atoms with Gasteiger partial charge in [0.1, 0.15) is 0 Å². The second-order valence-corrected chi connectivity index (χ2v) is 6.16. The number of aryl methyl sites for hydroxylation is 1. The molecule has 1 aromatic heterocycles. The van der Waals surface area contributed by atoms with Gasteiger partial charge in [0.2, 0.25) is 0 Å². The third-order valence-corrected chi connectivity index (χ3v) is 5.09. The van der Waals surface area contributed by atoms with Crippen molar-refractivity contribution in [3.63, 3.8) is 0 Å². The van der Waals surface area contributed by atoms with Crippen LogP contribution >= 0.6 is 24.4 Å². The van der Waals surface area contributed by atoms with Gasteiger partial charge in [0.25, 0.3) is 0 Å². The summed E-state index contributed by atoms with van der Waals surface area (Å²) in [4.78, 5) is 1.27. The first kappa shape index (κ1) is 15.0. The van der Waals surface area contributed by atoms with Crippen molar-refractivity contribution in [1.29, 1.82) is 0 Å². The molecule has 0 aliphatic heterocycles. The predicted octanol–water partition coefficient (Wildman–Crippen LogP) is 4.03. The van der Waals surface area contributed by atoms with E-state index in [4.69, 9.17) is 0 Å². The van der Waals surface area contributed by atoms with Gasteiger partial charge < -0.3 is 0 Å². The molecule has 0 fully saturated rings. The van der Waals surface area contributed by atoms with Crippen LogP contribution in [0.2, 0.25) is 0 Å². The van der Waals surface area contributed by atoms with Gasteiger partial charge in [-0.05, 0) is 24.0 Å². The lowest BCUT2D eigenvalue weighted by Crippen LogP contribution is -2.25. The summed E-state index contributed by atoms with van der Waals surface area (Å²) in [5.41, 5.74) is 0.396. The van der Waals surface area contributed by atoms with Crippen LogP contribution in [0.1, 0.15) is 39.5 Å². The van der Waals surface area contributed by atoms with E-state index in [1.165, 1.54) is 30.6 Å². The van der Waals surface area contributed by atoms with Gasteiger partial charge in [-0.3, -0.25) is 4.68 Å². The van der Waals surface area contributed by atoms with E-state index in [2.05, 4.69) is 37.8 Å². The van der Waals surface area contributed by atoms with Gasteiger partial charge >= 0.3 is 0 Å². The maximum absolute atomic E-state index is 4.59. The van der Waals surface area contributed by atoms with Crippen LogP contribution in [-0.4, -0.2) is 21.3 Å². The molecule has 0 N–H and O–H groups in total. The van der Waals surface area contributed by atoms with Crippen LogP contribution in [0.4, 0.5) is 0 Å². The van der Waals surface area contributed by atoms with Gasteiger partial charge in [-0.25, -0.2) is 0 Å². The van der Waals surface area contributed by atoms with Crippen LogP contribution in [0.25, 0.3) is 0 Å². The Morgan fingerprint density at radius 2 is 2.00 bits per heavy atom. The zero-order chi connectivity index (χ0) is 12.7. The standard InChI is InChI=1S/C13H24N2S2/c1-4-6-13(10-16,7-5-2)11-17-12-8-14-15(3)9-12/h8-9,16H,4-7,10-11H2,1-3H3. The van der Waals surface area contributed by atoms with Crippen molar-refractivity contribution >= 4 is 24.4 Å². The maximum Gasteiger partial charge on any atom is 0.0625 e. The molecule has 0 saturated heterocycles. The van der Waals surface area contributed by atoms with Crippen molar-refractivity contribution in [3.05, 3.63) is 12.4 Å². The van der Waals surface area contributed by atoms with Gasteiger partial charge in [-0.1, -0.05) is 26.7 Å². The Morgan fingerprint density at radius 1 is 1.35 bits per heavy atom. The molecule has 0 aromatic carbocycles. The number of thiol groups is 1. The Bertz CT molecular complexity index is 317. The Balaban J connectivity index is 2.59. The average Bonchev–Trinajstić information content (AvgIpc) is 2.73. The maximum atomic E-state index is 4.59. The number of aromatic nitrogens is 2. The zero-order valence-corrected chi connectivity index (χ0v) is 12.9. The molecule has 1 heterocycles.